The van der Waals surface area contributed by atoms with Crippen molar-refractivity contribution in [2.24, 2.45) is 5.41 Å². The van der Waals surface area contributed by atoms with Gasteiger partial charge in [-0.25, -0.2) is 0 Å². The molecule has 2 fully saturated rings. The molecule has 0 aromatic rings. The molecule has 0 aromatic heterocycles. The van der Waals surface area contributed by atoms with Crippen molar-refractivity contribution in [1.82, 2.24) is 15.1 Å². The second-order valence-electron chi connectivity index (χ2n) is 6.41. The number of piperidine rings is 1. The molecular formula is C16H31N3O. The number of hydrogen-bond donors (Lipinski definition) is 1. The lowest BCUT2D eigenvalue weighted by molar-refractivity contribution is -0.146. The van der Waals surface area contributed by atoms with Gasteiger partial charge in [0.05, 0.1) is 5.41 Å². The average molecular weight is 281 g/mol. The lowest BCUT2D eigenvalue weighted by Gasteiger charge is -2.43. The van der Waals surface area contributed by atoms with Crippen LogP contribution in [-0.4, -0.2) is 61.5 Å². The molecule has 2 aliphatic heterocycles. The minimum absolute atomic E-state index is 0.0626. The van der Waals surface area contributed by atoms with E-state index >= 15 is 0 Å². The maximum absolute atomic E-state index is 13.0. The largest absolute Gasteiger partial charge is 0.340 e. The summed E-state index contributed by atoms with van der Waals surface area (Å²) in [5.41, 5.74) is -0.0626. The molecule has 116 valence electrons. The molecule has 1 amide bonds. The van der Waals surface area contributed by atoms with Gasteiger partial charge in [-0.05, 0) is 45.3 Å². The monoisotopic (exact) mass is 281 g/mol. The molecule has 20 heavy (non-hydrogen) atoms. The third-order valence-electron chi connectivity index (χ3n) is 4.94. The predicted octanol–water partition coefficient (Wildman–Crippen LogP) is 1.71. The summed E-state index contributed by atoms with van der Waals surface area (Å²) in [6.07, 6.45) is 5.42. The van der Waals surface area contributed by atoms with Gasteiger partial charge >= 0.3 is 0 Å². The summed E-state index contributed by atoms with van der Waals surface area (Å²) in [5.74, 6) is 0.442. The van der Waals surface area contributed by atoms with Crippen molar-refractivity contribution in [2.75, 3.05) is 45.8 Å². The number of amides is 1. The third-order valence-corrected chi connectivity index (χ3v) is 4.94. The topological polar surface area (TPSA) is 35.6 Å². The molecule has 2 rings (SSSR count). The van der Waals surface area contributed by atoms with Gasteiger partial charge in [-0.2, -0.15) is 0 Å². The molecule has 1 N–H and O–H groups in total. The van der Waals surface area contributed by atoms with Crippen LogP contribution in [0.1, 0.15) is 46.0 Å². The van der Waals surface area contributed by atoms with Crippen LogP contribution in [0, 0.1) is 5.41 Å². The van der Waals surface area contributed by atoms with Gasteiger partial charge in [-0.1, -0.05) is 20.3 Å². The van der Waals surface area contributed by atoms with E-state index < -0.39 is 0 Å². The van der Waals surface area contributed by atoms with Crippen LogP contribution in [0.4, 0.5) is 0 Å². The zero-order chi connectivity index (χ0) is 14.4. The molecule has 0 aliphatic carbocycles. The zero-order valence-corrected chi connectivity index (χ0v) is 13.3. The molecule has 0 atom stereocenters. The molecule has 4 heteroatoms. The normalized spacial score (nSPS) is 23.8. The molecule has 0 radical (unpaired) electrons. The van der Waals surface area contributed by atoms with Crippen molar-refractivity contribution in [3.63, 3.8) is 0 Å². The van der Waals surface area contributed by atoms with Gasteiger partial charge in [0.1, 0.15) is 0 Å². The quantitative estimate of drug-likeness (QED) is 0.833. The first-order valence-electron chi connectivity index (χ1n) is 8.44. The fraction of sp³-hybridized carbons (Fsp3) is 0.938. The minimum atomic E-state index is -0.0626. The van der Waals surface area contributed by atoms with Crippen LogP contribution in [0.25, 0.3) is 0 Å². The van der Waals surface area contributed by atoms with Gasteiger partial charge in [0.25, 0.3) is 0 Å². The van der Waals surface area contributed by atoms with Crippen molar-refractivity contribution in [2.45, 2.75) is 46.0 Å². The highest BCUT2D eigenvalue weighted by molar-refractivity contribution is 5.83. The van der Waals surface area contributed by atoms with Gasteiger partial charge in [0.2, 0.25) is 5.91 Å². The summed E-state index contributed by atoms with van der Waals surface area (Å²) in [4.78, 5) is 17.6. The number of carbonyl (C=O) groups is 1. The van der Waals surface area contributed by atoms with Crippen LogP contribution in [0.3, 0.4) is 0 Å². The van der Waals surface area contributed by atoms with E-state index in [0.717, 1.165) is 65.0 Å². The van der Waals surface area contributed by atoms with Crippen LogP contribution < -0.4 is 5.32 Å². The lowest BCUT2D eigenvalue weighted by Crippen LogP contribution is -2.55. The van der Waals surface area contributed by atoms with Crippen LogP contribution >= 0.6 is 0 Å². The van der Waals surface area contributed by atoms with Crippen molar-refractivity contribution in [3.05, 3.63) is 0 Å². The zero-order valence-electron chi connectivity index (χ0n) is 13.3. The number of hydrogen-bond acceptors (Lipinski definition) is 3. The summed E-state index contributed by atoms with van der Waals surface area (Å²) >= 11 is 0. The van der Waals surface area contributed by atoms with Crippen molar-refractivity contribution in [1.29, 1.82) is 0 Å². The summed E-state index contributed by atoms with van der Waals surface area (Å²) < 4.78 is 0. The van der Waals surface area contributed by atoms with Crippen LogP contribution in [0.5, 0.6) is 0 Å². The first-order valence-corrected chi connectivity index (χ1v) is 8.44. The van der Waals surface area contributed by atoms with E-state index in [1.54, 1.807) is 0 Å². The maximum atomic E-state index is 13.0. The Labute approximate surface area is 123 Å². The van der Waals surface area contributed by atoms with Gasteiger partial charge < -0.3 is 10.2 Å². The summed E-state index contributed by atoms with van der Waals surface area (Å²) in [5, 5.41) is 3.40. The second kappa shape index (κ2) is 7.41. The smallest absolute Gasteiger partial charge is 0.228 e. The fourth-order valence-corrected chi connectivity index (χ4v) is 3.78. The Kier molecular flexibility index (Phi) is 5.85. The average Bonchev–Trinajstić information content (AvgIpc) is 2.49. The van der Waals surface area contributed by atoms with Crippen molar-refractivity contribution >= 4 is 5.91 Å². The molecule has 2 saturated heterocycles. The Morgan fingerprint density at radius 2 is 1.70 bits per heavy atom. The molecule has 0 bridgehead atoms. The third kappa shape index (κ3) is 3.53. The van der Waals surface area contributed by atoms with Gasteiger partial charge in [-0.3, -0.25) is 9.69 Å². The molecule has 2 aliphatic rings. The fourth-order valence-electron chi connectivity index (χ4n) is 3.78. The summed E-state index contributed by atoms with van der Waals surface area (Å²) in [6, 6.07) is 0. The maximum Gasteiger partial charge on any atom is 0.228 e. The first kappa shape index (κ1) is 15.8. The van der Waals surface area contributed by atoms with Crippen LogP contribution in [0.2, 0.25) is 0 Å². The number of rotatable bonds is 5. The Morgan fingerprint density at radius 1 is 1.05 bits per heavy atom. The molecule has 0 spiro atoms. The van der Waals surface area contributed by atoms with Gasteiger partial charge in [-0.15, -0.1) is 0 Å². The Hall–Kier alpha value is -0.610. The van der Waals surface area contributed by atoms with E-state index in [4.69, 9.17) is 0 Å². The van der Waals surface area contributed by atoms with Gasteiger partial charge in [0.15, 0.2) is 0 Å². The molecular weight excluding hydrogens is 250 g/mol. The van der Waals surface area contributed by atoms with E-state index in [9.17, 15) is 4.79 Å². The number of nitrogens with one attached hydrogen (secondary N) is 1. The van der Waals surface area contributed by atoms with E-state index in [-0.39, 0.29) is 5.41 Å². The number of nitrogens with zero attached hydrogens (tertiary/aromatic N) is 2. The standard InChI is InChI=1S/C16H31N3O/c1-3-5-16(6-8-17-9-7-16)15(20)19-13-11-18(10-4-2)12-14-19/h17H,3-14H2,1-2H3. The van der Waals surface area contributed by atoms with Crippen LogP contribution in [0.15, 0.2) is 0 Å². The SMILES string of the molecule is CCCN1CCN(C(=O)C2(CCC)CCNCC2)CC1. The lowest BCUT2D eigenvalue weighted by atomic mass is 9.74. The molecule has 0 unspecified atom stereocenters. The highest BCUT2D eigenvalue weighted by Crippen LogP contribution is 2.36. The summed E-state index contributed by atoms with van der Waals surface area (Å²) in [7, 11) is 0. The van der Waals surface area contributed by atoms with E-state index in [1.807, 2.05) is 0 Å². The second-order valence-corrected chi connectivity index (χ2v) is 6.41. The molecule has 0 saturated carbocycles. The highest BCUT2D eigenvalue weighted by atomic mass is 16.2. The van der Waals surface area contributed by atoms with Crippen molar-refractivity contribution in [3.8, 4) is 0 Å². The Bertz CT molecular complexity index is 299. The number of carbonyl (C=O) groups excluding carboxylic acids is 1. The van der Waals surface area contributed by atoms with E-state index in [2.05, 4.69) is 29.0 Å². The molecule has 2 heterocycles. The Morgan fingerprint density at radius 3 is 2.25 bits per heavy atom. The van der Waals surface area contributed by atoms with Gasteiger partial charge in [0, 0.05) is 26.2 Å². The summed E-state index contributed by atoms with van der Waals surface area (Å²) in [6.45, 7) is 11.6. The predicted molar refractivity (Wildman–Crippen MR) is 82.8 cm³/mol. The minimum Gasteiger partial charge on any atom is -0.340 e. The van der Waals surface area contributed by atoms with E-state index in [0.29, 0.717) is 5.91 Å². The molecule has 4 nitrogen and oxygen atoms in total. The van der Waals surface area contributed by atoms with Crippen LogP contribution in [-0.2, 0) is 4.79 Å². The van der Waals surface area contributed by atoms with Crippen molar-refractivity contribution < 1.29 is 4.79 Å². The first-order chi connectivity index (χ1) is 9.72. The Balaban J connectivity index is 1.95. The molecule has 0 aromatic carbocycles. The number of piperazine rings is 1. The van der Waals surface area contributed by atoms with E-state index in [1.165, 1.54) is 13.0 Å². The highest BCUT2D eigenvalue weighted by Gasteiger charge is 2.41.